The van der Waals surface area contributed by atoms with Crippen molar-refractivity contribution in [3.05, 3.63) is 5.82 Å². The molecule has 0 bridgehead atoms. The fourth-order valence-electron chi connectivity index (χ4n) is 2.81. The molecule has 0 spiro atoms. The summed E-state index contributed by atoms with van der Waals surface area (Å²) in [4.78, 5) is 14.4. The Morgan fingerprint density at radius 2 is 1.65 bits per heavy atom. The second-order valence-electron chi connectivity index (χ2n) is 4.84. The van der Waals surface area contributed by atoms with Crippen LogP contribution in [0.1, 0.15) is 5.82 Å². The van der Waals surface area contributed by atoms with E-state index in [1.807, 2.05) is 0 Å². The standard InChI is InChI=1S/C10H17N7/c11-9-14-8(15-10(12)16-9)5-17-3-6-1-13-2-7(6)4-17/h6-7,13H,1-5H2,(H4,11,12,14,15,16). The lowest BCUT2D eigenvalue weighted by Gasteiger charge is -2.15. The van der Waals surface area contributed by atoms with Crippen molar-refractivity contribution in [3.63, 3.8) is 0 Å². The quantitative estimate of drug-likeness (QED) is 0.584. The van der Waals surface area contributed by atoms with Gasteiger partial charge in [-0.3, -0.25) is 4.90 Å². The highest BCUT2D eigenvalue weighted by Gasteiger charge is 2.36. The first kappa shape index (κ1) is 10.7. The van der Waals surface area contributed by atoms with Gasteiger partial charge in [0.1, 0.15) is 5.82 Å². The topological polar surface area (TPSA) is 106 Å². The molecule has 2 unspecified atom stereocenters. The van der Waals surface area contributed by atoms with Crippen LogP contribution in [0.15, 0.2) is 0 Å². The molecule has 92 valence electrons. The van der Waals surface area contributed by atoms with Gasteiger partial charge in [-0.05, 0) is 24.9 Å². The van der Waals surface area contributed by atoms with E-state index >= 15 is 0 Å². The predicted molar refractivity (Wildman–Crippen MR) is 63.8 cm³/mol. The number of nitrogens with one attached hydrogen (secondary N) is 1. The van der Waals surface area contributed by atoms with E-state index in [4.69, 9.17) is 11.5 Å². The van der Waals surface area contributed by atoms with Gasteiger partial charge in [-0.25, -0.2) is 0 Å². The minimum absolute atomic E-state index is 0.202. The zero-order valence-electron chi connectivity index (χ0n) is 9.63. The van der Waals surface area contributed by atoms with Gasteiger partial charge in [0, 0.05) is 13.1 Å². The number of hydrogen-bond donors (Lipinski definition) is 3. The van der Waals surface area contributed by atoms with Crippen molar-refractivity contribution >= 4 is 11.9 Å². The number of anilines is 2. The maximum Gasteiger partial charge on any atom is 0.225 e. The highest BCUT2D eigenvalue weighted by atomic mass is 15.2. The number of aromatic nitrogens is 3. The third-order valence-electron chi connectivity index (χ3n) is 3.55. The van der Waals surface area contributed by atoms with E-state index in [1.54, 1.807) is 0 Å². The highest BCUT2D eigenvalue weighted by Crippen LogP contribution is 2.26. The van der Waals surface area contributed by atoms with E-state index in [1.165, 1.54) is 0 Å². The summed E-state index contributed by atoms with van der Waals surface area (Å²) in [5.74, 6) is 2.61. The van der Waals surface area contributed by atoms with Crippen LogP contribution in [0.2, 0.25) is 0 Å². The van der Waals surface area contributed by atoms with Crippen molar-refractivity contribution in [2.45, 2.75) is 6.54 Å². The summed E-state index contributed by atoms with van der Waals surface area (Å²) in [5, 5.41) is 3.42. The van der Waals surface area contributed by atoms with Crippen LogP contribution < -0.4 is 16.8 Å². The zero-order chi connectivity index (χ0) is 11.8. The summed E-state index contributed by atoms with van der Waals surface area (Å²) in [6.45, 7) is 5.17. The van der Waals surface area contributed by atoms with E-state index in [0.29, 0.717) is 12.4 Å². The van der Waals surface area contributed by atoms with Crippen LogP contribution >= 0.6 is 0 Å². The zero-order valence-corrected chi connectivity index (χ0v) is 9.63. The molecule has 2 atom stereocenters. The molecular weight excluding hydrogens is 218 g/mol. The van der Waals surface area contributed by atoms with Gasteiger partial charge in [0.05, 0.1) is 6.54 Å². The monoisotopic (exact) mass is 235 g/mol. The summed E-state index contributed by atoms with van der Waals surface area (Å²) >= 11 is 0. The first-order valence-electron chi connectivity index (χ1n) is 5.89. The van der Waals surface area contributed by atoms with Gasteiger partial charge in [-0.2, -0.15) is 15.0 Å². The molecule has 7 nitrogen and oxygen atoms in total. The van der Waals surface area contributed by atoms with Gasteiger partial charge in [0.15, 0.2) is 0 Å². The molecular formula is C10H17N7. The van der Waals surface area contributed by atoms with E-state index in [0.717, 1.165) is 38.0 Å². The second-order valence-corrected chi connectivity index (χ2v) is 4.84. The van der Waals surface area contributed by atoms with Crippen molar-refractivity contribution in [2.75, 3.05) is 37.6 Å². The Morgan fingerprint density at radius 3 is 2.24 bits per heavy atom. The highest BCUT2D eigenvalue weighted by molar-refractivity contribution is 5.25. The van der Waals surface area contributed by atoms with E-state index in [2.05, 4.69) is 25.2 Å². The Hall–Kier alpha value is -1.47. The normalized spacial score (nSPS) is 28.5. The SMILES string of the molecule is Nc1nc(N)nc(CN2CC3CNCC3C2)n1. The van der Waals surface area contributed by atoms with E-state index in [-0.39, 0.29) is 11.9 Å². The number of hydrogen-bond acceptors (Lipinski definition) is 7. The van der Waals surface area contributed by atoms with Crippen LogP contribution in [-0.4, -0.2) is 46.0 Å². The van der Waals surface area contributed by atoms with Gasteiger partial charge >= 0.3 is 0 Å². The molecule has 2 saturated heterocycles. The second kappa shape index (κ2) is 4.08. The fraction of sp³-hybridized carbons (Fsp3) is 0.700. The fourth-order valence-corrected chi connectivity index (χ4v) is 2.81. The molecule has 0 saturated carbocycles. The number of likely N-dealkylation sites (tertiary alicyclic amines) is 1. The van der Waals surface area contributed by atoms with Crippen molar-refractivity contribution in [3.8, 4) is 0 Å². The number of nitrogen functional groups attached to an aromatic ring is 2. The molecule has 2 aliphatic rings. The molecule has 2 fully saturated rings. The van der Waals surface area contributed by atoms with Crippen molar-refractivity contribution in [2.24, 2.45) is 11.8 Å². The maximum absolute atomic E-state index is 5.55. The molecule has 7 heteroatoms. The Morgan fingerprint density at radius 1 is 1.06 bits per heavy atom. The van der Waals surface area contributed by atoms with Crippen LogP contribution in [0.3, 0.4) is 0 Å². The van der Waals surface area contributed by atoms with Gasteiger partial charge in [0.2, 0.25) is 11.9 Å². The Bertz CT molecular complexity index is 389. The first-order valence-corrected chi connectivity index (χ1v) is 5.89. The molecule has 5 N–H and O–H groups in total. The van der Waals surface area contributed by atoms with Crippen molar-refractivity contribution in [1.82, 2.24) is 25.2 Å². The minimum atomic E-state index is 0.202. The molecule has 1 aromatic rings. The average Bonchev–Trinajstić information content (AvgIpc) is 2.75. The number of nitrogens with zero attached hydrogens (tertiary/aromatic N) is 4. The predicted octanol–water partition coefficient (Wildman–Crippen LogP) is -1.31. The van der Waals surface area contributed by atoms with Gasteiger partial charge in [-0.1, -0.05) is 0 Å². The van der Waals surface area contributed by atoms with Gasteiger partial charge in [-0.15, -0.1) is 0 Å². The third kappa shape index (κ3) is 2.16. The lowest BCUT2D eigenvalue weighted by Crippen LogP contribution is -2.26. The van der Waals surface area contributed by atoms with Gasteiger partial charge < -0.3 is 16.8 Å². The molecule has 2 aliphatic heterocycles. The number of rotatable bonds is 2. The summed E-state index contributed by atoms with van der Waals surface area (Å²) in [7, 11) is 0. The van der Waals surface area contributed by atoms with E-state index < -0.39 is 0 Å². The summed E-state index contributed by atoms with van der Waals surface area (Å²) in [6, 6.07) is 0. The maximum atomic E-state index is 5.55. The molecule has 0 aromatic carbocycles. The summed E-state index contributed by atoms with van der Waals surface area (Å²) < 4.78 is 0. The Kier molecular flexibility index (Phi) is 2.56. The third-order valence-corrected chi connectivity index (χ3v) is 3.55. The largest absolute Gasteiger partial charge is 0.368 e. The smallest absolute Gasteiger partial charge is 0.225 e. The van der Waals surface area contributed by atoms with Crippen LogP contribution in [-0.2, 0) is 6.54 Å². The lowest BCUT2D eigenvalue weighted by atomic mass is 10.0. The molecule has 0 aliphatic carbocycles. The Balaban J connectivity index is 1.67. The number of fused-ring (bicyclic) bond motifs is 1. The molecule has 3 rings (SSSR count). The average molecular weight is 235 g/mol. The van der Waals surface area contributed by atoms with Crippen LogP contribution in [0.4, 0.5) is 11.9 Å². The summed E-state index contributed by atoms with van der Waals surface area (Å²) in [6.07, 6.45) is 0. The number of nitrogens with two attached hydrogens (primary N) is 2. The van der Waals surface area contributed by atoms with E-state index in [9.17, 15) is 0 Å². The van der Waals surface area contributed by atoms with Crippen LogP contribution in [0.25, 0.3) is 0 Å². The molecule has 0 radical (unpaired) electrons. The summed E-state index contributed by atoms with van der Waals surface area (Å²) in [5.41, 5.74) is 11.1. The lowest BCUT2D eigenvalue weighted by molar-refractivity contribution is 0.298. The minimum Gasteiger partial charge on any atom is -0.368 e. The molecule has 0 amide bonds. The van der Waals surface area contributed by atoms with Crippen molar-refractivity contribution in [1.29, 1.82) is 0 Å². The Labute approximate surface area is 99.6 Å². The van der Waals surface area contributed by atoms with Crippen LogP contribution in [0, 0.1) is 11.8 Å². The van der Waals surface area contributed by atoms with Crippen molar-refractivity contribution < 1.29 is 0 Å². The first-order chi connectivity index (χ1) is 8.20. The van der Waals surface area contributed by atoms with Gasteiger partial charge in [0.25, 0.3) is 0 Å². The van der Waals surface area contributed by atoms with Crippen LogP contribution in [0.5, 0.6) is 0 Å². The molecule has 3 heterocycles. The molecule has 1 aromatic heterocycles. The molecule has 17 heavy (non-hydrogen) atoms.